The summed E-state index contributed by atoms with van der Waals surface area (Å²) in [6.07, 6.45) is 8.33. The van der Waals surface area contributed by atoms with Crippen molar-refractivity contribution in [3.8, 4) is 11.5 Å². The molecule has 0 fully saturated rings. The van der Waals surface area contributed by atoms with Crippen molar-refractivity contribution in [2.75, 3.05) is 7.11 Å². The van der Waals surface area contributed by atoms with E-state index >= 15 is 0 Å². The van der Waals surface area contributed by atoms with Crippen molar-refractivity contribution < 1.29 is 29.3 Å². The van der Waals surface area contributed by atoms with Gasteiger partial charge in [0, 0.05) is 22.3 Å². The van der Waals surface area contributed by atoms with Gasteiger partial charge in [0.25, 0.3) is 0 Å². The average molecular weight is 408 g/mol. The van der Waals surface area contributed by atoms with Crippen LogP contribution in [0.3, 0.4) is 0 Å². The Morgan fingerprint density at radius 1 is 1.07 bits per heavy atom. The van der Waals surface area contributed by atoms with Crippen LogP contribution in [0.2, 0.25) is 0 Å². The number of rotatable bonds is 8. The topological polar surface area (TPSA) is 101 Å². The van der Waals surface area contributed by atoms with Crippen LogP contribution in [0, 0.1) is 0 Å². The first kappa shape index (κ1) is 21.3. The van der Waals surface area contributed by atoms with Crippen LogP contribution >= 0.6 is 0 Å². The van der Waals surface area contributed by atoms with E-state index in [1.807, 2.05) is 6.08 Å². The van der Waals surface area contributed by atoms with E-state index in [0.717, 1.165) is 32.1 Å². The second-order valence-electron chi connectivity index (χ2n) is 7.20. The Kier molecular flexibility index (Phi) is 6.35. The van der Waals surface area contributed by atoms with Gasteiger partial charge in [-0.25, -0.2) is 4.79 Å². The molecule has 2 N–H and O–H groups in total. The lowest BCUT2D eigenvalue weighted by atomic mass is 9.79. The fraction of sp³-hybridized carbons (Fsp3) is 0.292. The molecule has 0 bridgehead atoms. The van der Waals surface area contributed by atoms with Crippen molar-refractivity contribution in [1.82, 2.24) is 0 Å². The van der Waals surface area contributed by atoms with Crippen molar-refractivity contribution in [1.29, 1.82) is 0 Å². The van der Waals surface area contributed by atoms with E-state index in [1.165, 1.54) is 31.4 Å². The lowest BCUT2D eigenvalue weighted by Crippen LogP contribution is -2.24. The Balaban J connectivity index is 2.18. The van der Waals surface area contributed by atoms with Crippen molar-refractivity contribution in [3.63, 3.8) is 0 Å². The summed E-state index contributed by atoms with van der Waals surface area (Å²) >= 11 is 0. The molecule has 2 aromatic rings. The minimum absolute atomic E-state index is 0.0108. The molecule has 6 heteroatoms. The van der Waals surface area contributed by atoms with Crippen LogP contribution in [0.25, 0.3) is 6.08 Å². The quantitative estimate of drug-likeness (QED) is 0.516. The van der Waals surface area contributed by atoms with E-state index in [0.29, 0.717) is 0 Å². The minimum atomic E-state index is -1.26. The summed E-state index contributed by atoms with van der Waals surface area (Å²) in [4.78, 5) is 38.3. The van der Waals surface area contributed by atoms with Crippen molar-refractivity contribution in [2.24, 2.45) is 0 Å². The van der Waals surface area contributed by atoms with Gasteiger partial charge in [-0.3, -0.25) is 9.59 Å². The van der Waals surface area contributed by atoms with Crippen LogP contribution in [0.1, 0.15) is 86.8 Å². The normalized spacial score (nSPS) is 12.7. The Morgan fingerprint density at radius 2 is 1.83 bits per heavy atom. The molecule has 0 spiro atoms. The first-order chi connectivity index (χ1) is 14.4. The van der Waals surface area contributed by atoms with Crippen molar-refractivity contribution >= 4 is 23.6 Å². The van der Waals surface area contributed by atoms with E-state index in [2.05, 4.69) is 6.92 Å². The standard InChI is InChI=1S/C24H24O6/c1-3-4-5-6-7-8-10-14-19-16(13-18(30-2)21(14)24(28)29)22(26)15-11-9-12-17(25)20(15)23(19)27/h8-13,25H,3-7H2,1-2H3,(H,28,29)/b10-8+. The number of hydrogen-bond donors (Lipinski definition) is 2. The molecule has 0 unspecified atom stereocenters. The largest absolute Gasteiger partial charge is 0.507 e. The molecule has 1 aliphatic rings. The molecule has 0 saturated heterocycles. The second-order valence-corrected chi connectivity index (χ2v) is 7.20. The van der Waals surface area contributed by atoms with Gasteiger partial charge in [-0.2, -0.15) is 0 Å². The summed E-state index contributed by atoms with van der Waals surface area (Å²) in [5, 5.41) is 20.0. The number of carbonyl (C=O) groups excluding carboxylic acids is 2. The van der Waals surface area contributed by atoms with E-state index in [1.54, 1.807) is 6.08 Å². The third kappa shape index (κ3) is 3.73. The molecule has 0 aliphatic heterocycles. The molecule has 2 aromatic carbocycles. The molecule has 30 heavy (non-hydrogen) atoms. The monoisotopic (exact) mass is 408 g/mol. The molecule has 3 rings (SSSR count). The third-order valence-corrected chi connectivity index (χ3v) is 5.26. The number of carbonyl (C=O) groups is 3. The predicted octanol–water partition coefficient (Wildman–Crippen LogP) is 4.86. The van der Waals surface area contributed by atoms with Crippen LogP contribution in [0.4, 0.5) is 0 Å². The first-order valence-electron chi connectivity index (χ1n) is 9.98. The van der Waals surface area contributed by atoms with Gasteiger partial charge in [-0.15, -0.1) is 0 Å². The number of carboxylic acids is 1. The highest BCUT2D eigenvalue weighted by Gasteiger charge is 2.36. The van der Waals surface area contributed by atoms with Gasteiger partial charge in [-0.05, 0) is 25.0 Å². The molecule has 0 heterocycles. The van der Waals surface area contributed by atoms with Gasteiger partial charge in [-0.1, -0.05) is 50.5 Å². The van der Waals surface area contributed by atoms with Crippen LogP contribution in [-0.2, 0) is 0 Å². The molecular formula is C24H24O6. The molecule has 0 saturated carbocycles. The number of fused-ring (bicyclic) bond motifs is 2. The molecule has 0 atom stereocenters. The number of benzene rings is 2. The summed E-state index contributed by atoms with van der Waals surface area (Å²) in [5.41, 5.74) is -0.00973. The number of allylic oxidation sites excluding steroid dienone is 1. The number of hydrogen-bond acceptors (Lipinski definition) is 5. The summed E-state index contributed by atoms with van der Waals surface area (Å²) in [6, 6.07) is 5.59. The van der Waals surface area contributed by atoms with Crippen LogP contribution < -0.4 is 4.74 Å². The number of aromatic hydroxyl groups is 1. The number of unbranched alkanes of at least 4 members (excludes halogenated alkanes) is 4. The van der Waals surface area contributed by atoms with Crippen molar-refractivity contribution in [3.05, 3.63) is 63.7 Å². The average Bonchev–Trinajstić information content (AvgIpc) is 2.73. The van der Waals surface area contributed by atoms with Gasteiger partial charge in [0.2, 0.25) is 0 Å². The summed E-state index contributed by atoms with van der Waals surface area (Å²) in [5.74, 6) is -2.59. The fourth-order valence-corrected chi connectivity index (χ4v) is 3.78. The smallest absolute Gasteiger partial charge is 0.340 e. The molecule has 1 aliphatic carbocycles. The Labute approximate surface area is 174 Å². The zero-order valence-electron chi connectivity index (χ0n) is 17.0. The number of ether oxygens (including phenoxy) is 1. The van der Waals surface area contributed by atoms with Gasteiger partial charge >= 0.3 is 5.97 Å². The van der Waals surface area contributed by atoms with Crippen LogP contribution in [0.5, 0.6) is 11.5 Å². The van der Waals surface area contributed by atoms with Gasteiger partial charge in [0.15, 0.2) is 11.6 Å². The molecule has 0 radical (unpaired) electrons. The third-order valence-electron chi connectivity index (χ3n) is 5.26. The van der Waals surface area contributed by atoms with E-state index in [4.69, 9.17) is 4.74 Å². The second kappa shape index (κ2) is 8.95. The Bertz CT molecular complexity index is 1050. The highest BCUT2D eigenvalue weighted by Crippen LogP contribution is 2.39. The maximum atomic E-state index is 13.3. The molecule has 0 aromatic heterocycles. The Morgan fingerprint density at radius 3 is 2.50 bits per heavy atom. The maximum Gasteiger partial charge on any atom is 0.340 e. The highest BCUT2D eigenvalue weighted by atomic mass is 16.5. The number of phenolic OH excluding ortho intramolecular Hbond substituents is 1. The molecule has 0 amide bonds. The first-order valence-corrected chi connectivity index (χ1v) is 9.98. The van der Waals surface area contributed by atoms with E-state index in [9.17, 15) is 24.6 Å². The predicted molar refractivity (Wildman–Crippen MR) is 113 cm³/mol. The number of aromatic carboxylic acids is 1. The van der Waals surface area contributed by atoms with E-state index < -0.39 is 17.5 Å². The lowest BCUT2D eigenvalue weighted by Gasteiger charge is -2.22. The summed E-state index contributed by atoms with van der Waals surface area (Å²) < 4.78 is 5.24. The van der Waals surface area contributed by atoms with Crippen LogP contribution in [0.15, 0.2) is 30.3 Å². The van der Waals surface area contributed by atoms with Gasteiger partial charge < -0.3 is 14.9 Å². The number of carboxylic acid groups (broad SMARTS) is 1. The summed E-state index contributed by atoms with van der Waals surface area (Å²) in [6.45, 7) is 2.12. The number of ketones is 2. The Hall–Kier alpha value is -3.41. The maximum absolute atomic E-state index is 13.3. The number of methoxy groups -OCH3 is 1. The molecule has 156 valence electrons. The zero-order valence-corrected chi connectivity index (χ0v) is 17.0. The van der Waals surface area contributed by atoms with Gasteiger partial charge in [0.05, 0.1) is 12.7 Å². The van der Waals surface area contributed by atoms with Gasteiger partial charge in [0.1, 0.15) is 17.1 Å². The lowest BCUT2D eigenvalue weighted by molar-refractivity contribution is 0.0692. The SMILES string of the molecule is CCCCCC/C=C/c1c(C(=O)O)c(OC)cc2c1C(=O)c1c(O)cccc1C2=O. The van der Waals surface area contributed by atoms with Crippen molar-refractivity contribution in [2.45, 2.75) is 39.0 Å². The van der Waals surface area contributed by atoms with E-state index in [-0.39, 0.29) is 44.9 Å². The highest BCUT2D eigenvalue weighted by molar-refractivity contribution is 6.31. The molecular weight excluding hydrogens is 384 g/mol. The zero-order chi connectivity index (χ0) is 21.8. The fourth-order valence-electron chi connectivity index (χ4n) is 3.78. The minimum Gasteiger partial charge on any atom is -0.507 e. The molecule has 6 nitrogen and oxygen atoms in total. The summed E-state index contributed by atoms with van der Waals surface area (Å²) in [7, 11) is 1.32. The number of phenols is 1. The van der Waals surface area contributed by atoms with Crippen LogP contribution in [-0.4, -0.2) is 34.9 Å².